The van der Waals surface area contributed by atoms with Gasteiger partial charge in [0, 0.05) is 5.56 Å². The van der Waals surface area contributed by atoms with Crippen LogP contribution in [0.3, 0.4) is 0 Å². The summed E-state index contributed by atoms with van der Waals surface area (Å²) in [5, 5.41) is 11.4. The number of nitrogens with one attached hydrogen (secondary N) is 1. The molecule has 0 radical (unpaired) electrons. The van der Waals surface area contributed by atoms with Gasteiger partial charge in [-0.15, -0.1) is 0 Å². The summed E-state index contributed by atoms with van der Waals surface area (Å²) >= 11 is 5.23. The van der Waals surface area contributed by atoms with Crippen LogP contribution in [0, 0.1) is 4.77 Å². The molecule has 0 atom stereocenters. The van der Waals surface area contributed by atoms with Crippen molar-refractivity contribution in [3.05, 3.63) is 64.8 Å². The number of rotatable bonds is 4. The summed E-state index contributed by atoms with van der Waals surface area (Å²) in [5.41, 5.74) is 1.89. The van der Waals surface area contributed by atoms with Gasteiger partial charge < -0.3 is 4.42 Å². The first-order valence-electron chi connectivity index (χ1n) is 6.73. The van der Waals surface area contributed by atoms with E-state index in [4.69, 9.17) is 16.6 Å². The van der Waals surface area contributed by atoms with Crippen LogP contribution in [-0.2, 0) is 0 Å². The van der Waals surface area contributed by atoms with Crippen molar-refractivity contribution in [1.82, 2.24) is 14.9 Å². The summed E-state index contributed by atoms with van der Waals surface area (Å²) in [6.45, 7) is 1.94. The van der Waals surface area contributed by atoms with E-state index in [-0.39, 0.29) is 0 Å². The van der Waals surface area contributed by atoms with Crippen LogP contribution in [0.1, 0.15) is 12.7 Å². The van der Waals surface area contributed by atoms with Crippen molar-refractivity contribution in [3.63, 3.8) is 0 Å². The van der Waals surface area contributed by atoms with Gasteiger partial charge in [-0.2, -0.15) is 14.9 Å². The first kappa shape index (κ1) is 14.2. The second kappa shape index (κ2) is 6.36. The molecule has 5 nitrogen and oxygen atoms in total. The molecule has 6 heteroatoms. The molecular formula is C16H14N4OS. The number of nitrogens with zero attached hydrogens (tertiary/aromatic N) is 3. The van der Waals surface area contributed by atoms with E-state index in [2.05, 4.69) is 15.3 Å². The van der Waals surface area contributed by atoms with Crippen LogP contribution in [-0.4, -0.2) is 21.1 Å². The van der Waals surface area contributed by atoms with Crippen molar-refractivity contribution in [2.45, 2.75) is 6.92 Å². The van der Waals surface area contributed by atoms with E-state index < -0.39 is 0 Å². The van der Waals surface area contributed by atoms with E-state index in [9.17, 15) is 0 Å². The number of H-pyrrole nitrogens is 1. The molecule has 22 heavy (non-hydrogen) atoms. The molecule has 0 unspecified atom stereocenters. The second-order valence-electron chi connectivity index (χ2n) is 4.68. The van der Waals surface area contributed by atoms with Crippen molar-refractivity contribution in [1.29, 1.82) is 0 Å². The molecule has 0 spiro atoms. The fourth-order valence-corrected chi connectivity index (χ4v) is 2.14. The smallest absolute Gasteiger partial charge is 0.216 e. The Hall–Kier alpha value is -2.73. The summed E-state index contributed by atoms with van der Waals surface area (Å²) in [4.78, 5) is 0. The van der Waals surface area contributed by atoms with Crippen LogP contribution in [0.2, 0.25) is 0 Å². The highest BCUT2D eigenvalue weighted by atomic mass is 32.1. The molecule has 110 valence electrons. The van der Waals surface area contributed by atoms with Gasteiger partial charge in [-0.25, -0.2) is 5.10 Å². The van der Waals surface area contributed by atoms with E-state index in [1.54, 1.807) is 17.2 Å². The predicted molar refractivity (Wildman–Crippen MR) is 89.1 cm³/mol. The molecule has 0 saturated carbocycles. The molecule has 0 aliphatic carbocycles. The zero-order valence-corrected chi connectivity index (χ0v) is 12.7. The van der Waals surface area contributed by atoms with Gasteiger partial charge in [-0.1, -0.05) is 30.3 Å². The molecular weight excluding hydrogens is 296 g/mol. The van der Waals surface area contributed by atoms with E-state index >= 15 is 0 Å². The van der Waals surface area contributed by atoms with Gasteiger partial charge >= 0.3 is 0 Å². The van der Waals surface area contributed by atoms with Crippen LogP contribution < -0.4 is 0 Å². The summed E-state index contributed by atoms with van der Waals surface area (Å²) in [6.07, 6.45) is 5.26. The highest BCUT2D eigenvalue weighted by Gasteiger charge is 2.06. The van der Waals surface area contributed by atoms with E-state index in [0.717, 1.165) is 16.9 Å². The van der Waals surface area contributed by atoms with E-state index in [1.807, 2.05) is 55.5 Å². The third-order valence-corrected chi connectivity index (χ3v) is 3.24. The molecule has 0 fully saturated rings. The Bertz CT molecular complexity index is 857. The summed E-state index contributed by atoms with van der Waals surface area (Å²) in [7, 11) is 0. The Morgan fingerprint density at radius 3 is 2.82 bits per heavy atom. The van der Waals surface area contributed by atoms with Gasteiger partial charge in [-0.05, 0) is 42.9 Å². The average Bonchev–Trinajstić information content (AvgIpc) is 3.16. The predicted octanol–water partition coefficient (Wildman–Crippen LogP) is 4.14. The molecule has 0 saturated heterocycles. The lowest BCUT2D eigenvalue weighted by Gasteiger charge is -2.00. The van der Waals surface area contributed by atoms with E-state index in [0.29, 0.717) is 10.6 Å². The highest BCUT2D eigenvalue weighted by Crippen LogP contribution is 2.16. The monoisotopic (exact) mass is 310 g/mol. The highest BCUT2D eigenvalue weighted by molar-refractivity contribution is 7.71. The molecule has 0 aliphatic rings. The Morgan fingerprint density at radius 2 is 2.09 bits per heavy atom. The quantitative estimate of drug-likeness (QED) is 0.582. The summed E-state index contributed by atoms with van der Waals surface area (Å²) in [6, 6.07) is 13.5. The van der Waals surface area contributed by atoms with Crippen molar-refractivity contribution in [2.75, 3.05) is 0 Å². The first-order chi connectivity index (χ1) is 10.7. The summed E-state index contributed by atoms with van der Waals surface area (Å²) in [5.74, 6) is 1.45. The first-order valence-corrected chi connectivity index (χ1v) is 7.14. The standard InChI is InChI=1S/C16H14N4OS/c1-12(10-14-8-5-9-21-14)11-17-20-15(18-19-16(20)22)13-6-3-2-4-7-13/h2-11H,1H3,(H,19,22)/b12-10-,17-11-. The molecule has 2 aromatic heterocycles. The fourth-order valence-electron chi connectivity index (χ4n) is 1.96. The van der Waals surface area contributed by atoms with Gasteiger partial charge in [0.05, 0.1) is 12.5 Å². The Labute approximate surface area is 132 Å². The summed E-state index contributed by atoms with van der Waals surface area (Å²) < 4.78 is 7.32. The third-order valence-electron chi connectivity index (χ3n) is 2.97. The van der Waals surface area contributed by atoms with Crippen molar-refractivity contribution < 1.29 is 4.42 Å². The number of allylic oxidation sites excluding steroid dienone is 1. The van der Waals surface area contributed by atoms with Crippen molar-refractivity contribution in [2.24, 2.45) is 5.10 Å². The third kappa shape index (κ3) is 3.12. The molecule has 3 rings (SSSR count). The molecule has 2 heterocycles. The normalized spacial score (nSPS) is 12.1. The lowest BCUT2D eigenvalue weighted by molar-refractivity contribution is 0.557. The van der Waals surface area contributed by atoms with E-state index in [1.165, 1.54) is 0 Å². The molecule has 0 aliphatic heterocycles. The van der Waals surface area contributed by atoms with Gasteiger partial charge in [0.15, 0.2) is 5.82 Å². The molecule has 0 amide bonds. The van der Waals surface area contributed by atoms with Crippen LogP contribution >= 0.6 is 12.2 Å². The maximum atomic E-state index is 5.27. The SMILES string of the molecule is CC(/C=N\n1c(-c2ccccc2)n[nH]c1=S)=C/c1ccco1. The van der Waals surface area contributed by atoms with Crippen molar-refractivity contribution in [3.8, 4) is 11.4 Å². The van der Waals surface area contributed by atoms with Gasteiger partial charge in [0.2, 0.25) is 4.77 Å². The molecule has 1 aromatic carbocycles. The fraction of sp³-hybridized carbons (Fsp3) is 0.0625. The Kier molecular flexibility index (Phi) is 4.11. The zero-order chi connectivity index (χ0) is 15.4. The lowest BCUT2D eigenvalue weighted by Crippen LogP contribution is -1.94. The zero-order valence-electron chi connectivity index (χ0n) is 11.9. The van der Waals surface area contributed by atoms with Crippen LogP contribution in [0.4, 0.5) is 0 Å². The van der Waals surface area contributed by atoms with Crippen LogP contribution in [0.25, 0.3) is 17.5 Å². The Balaban J connectivity index is 1.91. The van der Waals surface area contributed by atoms with Crippen molar-refractivity contribution >= 4 is 24.5 Å². The lowest BCUT2D eigenvalue weighted by atomic mass is 10.2. The number of aromatic nitrogens is 3. The van der Waals surface area contributed by atoms with Crippen LogP contribution in [0.15, 0.2) is 63.8 Å². The number of benzene rings is 1. The van der Waals surface area contributed by atoms with Gasteiger partial charge in [0.25, 0.3) is 0 Å². The number of hydrogen-bond donors (Lipinski definition) is 1. The minimum atomic E-state index is 0.445. The number of furan rings is 1. The molecule has 1 N–H and O–H groups in total. The molecule has 0 bridgehead atoms. The second-order valence-corrected chi connectivity index (χ2v) is 5.07. The minimum Gasteiger partial charge on any atom is -0.465 e. The number of aromatic amines is 1. The van der Waals surface area contributed by atoms with Crippen LogP contribution in [0.5, 0.6) is 0 Å². The van der Waals surface area contributed by atoms with Gasteiger partial charge in [0.1, 0.15) is 5.76 Å². The van der Waals surface area contributed by atoms with Gasteiger partial charge in [-0.3, -0.25) is 0 Å². The Morgan fingerprint density at radius 1 is 1.27 bits per heavy atom. The average molecular weight is 310 g/mol. The maximum absolute atomic E-state index is 5.27. The number of hydrogen-bond acceptors (Lipinski definition) is 4. The topological polar surface area (TPSA) is 59.1 Å². The maximum Gasteiger partial charge on any atom is 0.216 e. The molecule has 3 aromatic rings. The minimum absolute atomic E-state index is 0.445. The largest absolute Gasteiger partial charge is 0.465 e.